The molecular formula is C23H24N2O2. The fraction of sp³-hybridized carbons (Fsp3) is 0.304. The van der Waals surface area contributed by atoms with Gasteiger partial charge in [0.1, 0.15) is 5.75 Å². The Hall–Kier alpha value is -2.88. The number of likely N-dealkylation sites (tertiary alicyclic amines) is 1. The Kier molecular flexibility index (Phi) is 5.05. The summed E-state index contributed by atoms with van der Waals surface area (Å²) in [5, 5.41) is 1.97. The van der Waals surface area contributed by atoms with E-state index in [0.717, 1.165) is 53.6 Å². The maximum Gasteiger partial charge on any atom is 0.254 e. The van der Waals surface area contributed by atoms with Crippen molar-refractivity contribution in [3.8, 4) is 5.75 Å². The van der Waals surface area contributed by atoms with Gasteiger partial charge in [0.05, 0.1) is 6.61 Å². The summed E-state index contributed by atoms with van der Waals surface area (Å²) in [5.74, 6) is 1.40. The van der Waals surface area contributed by atoms with Crippen LogP contribution in [0.25, 0.3) is 10.8 Å². The Morgan fingerprint density at radius 3 is 2.96 bits per heavy atom. The number of hydrogen-bond acceptors (Lipinski definition) is 3. The van der Waals surface area contributed by atoms with Crippen LogP contribution in [0.1, 0.15) is 28.8 Å². The zero-order valence-electron chi connectivity index (χ0n) is 15.6. The number of nitrogens with zero attached hydrogens (tertiary/aromatic N) is 2. The van der Waals surface area contributed by atoms with Crippen molar-refractivity contribution in [2.24, 2.45) is 5.92 Å². The van der Waals surface area contributed by atoms with Crippen molar-refractivity contribution < 1.29 is 9.53 Å². The van der Waals surface area contributed by atoms with E-state index in [1.165, 1.54) is 0 Å². The van der Waals surface area contributed by atoms with Gasteiger partial charge in [0, 0.05) is 42.4 Å². The molecule has 1 aliphatic heterocycles. The van der Waals surface area contributed by atoms with Gasteiger partial charge in [0.2, 0.25) is 0 Å². The molecule has 0 saturated carbocycles. The molecule has 1 amide bonds. The molecule has 4 nitrogen and oxygen atoms in total. The molecule has 0 unspecified atom stereocenters. The number of para-hydroxylation sites is 1. The second kappa shape index (κ2) is 7.78. The number of piperidine rings is 1. The van der Waals surface area contributed by atoms with Crippen molar-refractivity contribution in [2.45, 2.75) is 19.8 Å². The molecule has 4 heteroatoms. The number of aryl methyl sites for hydroxylation is 1. The lowest BCUT2D eigenvalue weighted by Crippen LogP contribution is -2.41. The Balaban J connectivity index is 1.46. The fourth-order valence-corrected chi connectivity index (χ4v) is 3.79. The fourth-order valence-electron chi connectivity index (χ4n) is 3.79. The highest BCUT2D eigenvalue weighted by Crippen LogP contribution is 2.24. The third-order valence-corrected chi connectivity index (χ3v) is 5.29. The predicted molar refractivity (Wildman–Crippen MR) is 107 cm³/mol. The number of hydrogen-bond donors (Lipinski definition) is 0. The van der Waals surface area contributed by atoms with Gasteiger partial charge in [0.15, 0.2) is 0 Å². The summed E-state index contributed by atoms with van der Waals surface area (Å²) < 4.78 is 6.03. The molecule has 2 heterocycles. The molecule has 0 bridgehead atoms. The lowest BCUT2D eigenvalue weighted by Gasteiger charge is -2.33. The molecule has 0 N–H and O–H groups in total. The number of carbonyl (C=O) groups excluding carboxylic acids is 1. The van der Waals surface area contributed by atoms with E-state index in [2.05, 4.69) is 18.0 Å². The predicted octanol–water partition coefficient (Wildman–Crippen LogP) is 4.47. The van der Waals surface area contributed by atoms with Gasteiger partial charge >= 0.3 is 0 Å². The third kappa shape index (κ3) is 3.80. The second-order valence-corrected chi connectivity index (χ2v) is 7.24. The molecule has 1 atom stereocenters. The van der Waals surface area contributed by atoms with E-state index in [-0.39, 0.29) is 5.91 Å². The Morgan fingerprint density at radius 2 is 2.07 bits per heavy atom. The molecule has 1 aliphatic rings. The van der Waals surface area contributed by atoms with Crippen LogP contribution in [-0.4, -0.2) is 35.5 Å². The Bertz CT molecular complexity index is 949. The molecule has 1 aromatic heterocycles. The summed E-state index contributed by atoms with van der Waals surface area (Å²) in [7, 11) is 0. The molecule has 2 aromatic carbocycles. The Labute approximate surface area is 159 Å². The van der Waals surface area contributed by atoms with Crippen LogP contribution in [0.2, 0.25) is 0 Å². The van der Waals surface area contributed by atoms with E-state index in [1.54, 1.807) is 12.4 Å². The van der Waals surface area contributed by atoms with E-state index in [4.69, 9.17) is 4.74 Å². The van der Waals surface area contributed by atoms with Gasteiger partial charge in [-0.05, 0) is 48.9 Å². The second-order valence-electron chi connectivity index (χ2n) is 7.24. The molecule has 1 saturated heterocycles. The van der Waals surface area contributed by atoms with Crippen LogP contribution in [-0.2, 0) is 0 Å². The minimum Gasteiger partial charge on any atom is -0.493 e. The molecule has 0 radical (unpaired) electrons. The smallest absolute Gasteiger partial charge is 0.254 e. The van der Waals surface area contributed by atoms with E-state index in [1.807, 2.05) is 47.4 Å². The molecule has 3 aromatic rings. The van der Waals surface area contributed by atoms with Gasteiger partial charge in [-0.3, -0.25) is 9.78 Å². The average Bonchev–Trinajstić information content (AvgIpc) is 2.72. The molecule has 138 valence electrons. The summed E-state index contributed by atoms with van der Waals surface area (Å²) >= 11 is 0. The maximum atomic E-state index is 13.2. The lowest BCUT2D eigenvalue weighted by atomic mass is 9.97. The summed E-state index contributed by atoms with van der Waals surface area (Å²) in [5.41, 5.74) is 1.90. The van der Waals surface area contributed by atoms with Crippen molar-refractivity contribution >= 4 is 16.7 Å². The van der Waals surface area contributed by atoms with E-state index >= 15 is 0 Å². The third-order valence-electron chi connectivity index (χ3n) is 5.29. The first-order valence-electron chi connectivity index (χ1n) is 9.53. The average molecular weight is 360 g/mol. The van der Waals surface area contributed by atoms with Crippen molar-refractivity contribution in [2.75, 3.05) is 19.7 Å². The van der Waals surface area contributed by atoms with Crippen molar-refractivity contribution in [1.82, 2.24) is 9.88 Å². The summed E-state index contributed by atoms with van der Waals surface area (Å²) in [6, 6.07) is 15.8. The number of amides is 1. The maximum absolute atomic E-state index is 13.2. The first-order valence-corrected chi connectivity index (χ1v) is 9.53. The number of fused-ring (bicyclic) bond motifs is 1. The topological polar surface area (TPSA) is 42.4 Å². The van der Waals surface area contributed by atoms with Crippen molar-refractivity contribution in [3.63, 3.8) is 0 Å². The number of benzene rings is 2. The summed E-state index contributed by atoms with van der Waals surface area (Å²) in [6.45, 7) is 4.25. The lowest BCUT2D eigenvalue weighted by molar-refractivity contribution is 0.0635. The zero-order valence-corrected chi connectivity index (χ0v) is 15.6. The van der Waals surface area contributed by atoms with Crippen LogP contribution >= 0.6 is 0 Å². The van der Waals surface area contributed by atoms with Crippen molar-refractivity contribution in [3.05, 3.63) is 72.1 Å². The number of carbonyl (C=O) groups is 1. The minimum atomic E-state index is 0.104. The van der Waals surface area contributed by atoms with E-state index < -0.39 is 0 Å². The first-order chi connectivity index (χ1) is 13.2. The standard InChI is InChI=1S/C23H24N2O2/c1-17-6-2-3-10-22(17)27-16-18-7-5-13-25(15-18)23(26)21-9-4-8-19-14-24-12-11-20(19)21/h2-4,6,8-12,14,18H,5,7,13,15-16H2,1H3/t18-/m0/s1. The zero-order chi connectivity index (χ0) is 18.6. The van der Waals surface area contributed by atoms with Crippen LogP contribution in [0.15, 0.2) is 60.9 Å². The highest BCUT2D eigenvalue weighted by atomic mass is 16.5. The normalized spacial score (nSPS) is 17.1. The number of rotatable bonds is 4. The van der Waals surface area contributed by atoms with E-state index in [0.29, 0.717) is 12.5 Å². The molecule has 27 heavy (non-hydrogen) atoms. The quantitative estimate of drug-likeness (QED) is 0.689. The largest absolute Gasteiger partial charge is 0.493 e. The van der Waals surface area contributed by atoms with Gasteiger partial charge in [-0.1, -0.05) is 30.3 Å². The van der Waals surface area contributed by atoms with Crippen LogP contribution in [0.5, 0.6) is 5.75 Å². The van der Waals surface area contributed by atoms with Gasteiger partial charge in [-0.25, -0.2) is 0 Å². The van der Waals surface area contributed by atoms with Crippen LogP contribution < -0.4 is 4.74 Å². The highest BCUT2D eigenvalue weighted by Gasteiger charge is 2.26. The molecule has 0 aliphatic carbocycles. The van der Waals surface area contributed by atoms with Crippen LogP contribution in [0.3, 0.4) is 0 Å². The van der Waals surface area contributed by atoms with Gasteiger partial charge in [-0.2, -0.15) is 0 Å². The molecular weight excluding hydrogens is 336 g/mol. The summed E-state index contributed by atoms with van der Waals surface area (Å²) in [4.78, 5) is 19.3. The van der Waals surface area contributed by atoms with Gasteiger partial charge in [-0.15, -0.1) is 0 Å². The van der Waals surface area contributed by atoms with Crippen LogP contribution in [0.4, 0.5) is 0 Å². The summed E-state index contributed by atoms with van der Waals surface area (Å²) in [6.07, 6.45) is 5.66. The monoisotopic (exact) mass is 360 g/mol. The molecule has 1 fully saturated rings. The van der Waals surface area contributed by atoms with Gasteiger partial charge < -0.3 is 9.64 Å². The Morgan fingerprint density at radius 1 is 1.19 bits per heavy atom. The number of aromatic nitrogens is 1. The van der Waals surface area contributed by atoms with E-state index in [9.17, 15) is 4.79 Å². The van der Waals surface area contributed by atoms with Gasteiger partial charge in [0.25, 0.3) is 5.91 Å². The minimum absolute atomic E-state index is 0.104. The number of pyridine rings is 1. The highest BCUT2D eigenvalue weighted by molar-refractivity contribution is 6.06. The molecule has 0 spiro atoms. The first kappa shape index (κ1) is 17.5. The SMILES string of the molecule is Cc1ccccc1OC[C@H]1CCCN(C(=O)c2cccc3cnccc23)C1. The van der Waals surface area contributed by atoms with Crippen LogP contribution in [0, 0.1) is 12.8 Å². The number of ether oxygens (including phenoxy) is 1. The molecule has 4 rings (SSSR count). The van der Waals surface area contributed by atoms with Crippen molar-refractivity contribution in [1.29, 1.82) is 0 Å².